The minimum absolute atomic E-state index is 0.00217. The van der Waals surface area contributed by atoms with Crippen molar-refractivity contribution >= 4 is 11.6 Å². The number of amides is 1. The van der Waals surface area contributed by atoms with E-state index in [0.717, 1.165) is 11.1 Å². The summed E-state index contributed by atoms with van der Waals surface area (Å²) in [6.45, 7) is -0.993. The fraction of sp³-hybridized carbons (Fsp3) is 0.192. The molecule has 0 aliphatic carbocycles. The number of ether oxygens (including phenoxy) is 2. The van der Waals surface area contributed by atoms with E-state index in [1.807, 2.05) is 31.2 Å². The number of hydrogen-bond acceptors (Lipinski definition) is 6. The monoisotopic (exact) mass is 479 g/mol. The molecule has 0 radical (unpaired) electrons. The van der Waals surface area contributed by atoms with E-state index >= 15 is 0 Å². The van der Waals surface area contributed by atoms with Crippen molar-refractivity contribution in [3.8, 4) is 34.1 Å². The third kappa shape index (κ3) is 6.20. The van der Waals surface area contributed by atoms with Crippen LogP contribution in [-0.4, -0.2) is 29.8 Å². The van der Waals surface area contributed by atoms with Crippen LogP contribution in [0.25, 0.3) is 22.6 Å². The number of aryl methyl sites for hydroxylation is 2. The van der Waals surface area contributed by atoms with Crippen LogP contribution in [0.3, 0.4) is 0 Å². The Balaban J connectivity index is 1.43. The van der Waals surface area contributed by atoms with Crippen LogP contribution in [0, 0.1) is 6.92 Å². The highest BCUT2D eigenvalue weighted by Gasteiger charge is 2.15. The largest absolute Gasteiger partial charge is 0.497 e. The third-order valence-corrected chi connectivity index (χ3v) is 5.21. The van der Waals surface area contributed by atoms with Gasteiger partial charge < -0.3 is 19.2 Å². The summed E-state index contributed by atoms with van der Waals surface area (Å²) in [4.78, 5) is 12.5. The van der Waals surface area contributed by atoms with Gasteiger partial charge in [-0.15, -0.1) is 10.2 Å². The Morgan fingerprint density at radius 1 is 1.00 bits per heavy atom. The molecule has 4 aromatic rings. The summed E-state index contributed by atoms with van der Waals surface area (Å²) < 4.78 is 41.3. The molecule has 0 saturated carbocycles. The van der Waals surface area contributed by atoms with Crippen molar-refractivity contribution in [3.63, 3.8) is 0 Å². The van der Waals surface area contributed by atoms with Gasteiger partial charge in [-0.05, 0) is 55.0 Å². The lowest BCUT2D eigenvalue weighted by Gasteiger charge is -2.14. The molecule has 3 aromatic carbocycles. The van der Waals surface area contributed by atoms with Crippen LogP contribution in [0.4, 0.5) is 14.5 Å². The smallest absolute Gasteiger partial charge is 0.387 e. The molecule has 1 aromatic heterocycles. The number of rotatable bonds is 9. The lowest BCUT2D eigenvalue weighted by molar-refractivity contribution is -0.116. The van der Waals surface area contributed by atoms with Gasteiger partial charge in [0, 0.05) is 29.7 Å². The van der Waals surface area contributed by atoms with Crippen molar-refractivity contribution in [1.82, 2.24) is 10.2 Å². The number of carbonyl (C=O) groups is 1. The highest BCUT2D eigenvalue weighted by Crippen LogP contribution is 2.34. The van der Waals surface area contributed by atoms with Crippen molar-refractivity contribution < 1.29 is 27.5 Å². The first-order valence-electron chi connectivity index (χ1n) is 10.8. The van der Waals surface area contributed by atoms with Gasteiger partial charge in [-0.2, -0.15) is 8.78 Å². The molecule has 4 rings (SSSR count). The highest BCUT2D eigenvalue weighted by atomic mass is 19.3. The normalized spacial score (nSPS) is 10.9. The van der Waals surface area contributed by atoms with Gasteiger partial charge in [0.25, 0.3) is 0 Å². The standard InChI is InChI=1S/C26H23F2N3O4/c1-16-3-5-18(6-4-16)25-31-30-24(35-25)14-13-23(32)29-19-9-12-22(34-26(27)28)21(15-19)17-7-10-20(33-2)11-8-17/h3-12,15,26H,13-14H2,1-2H3,(H,29,32). The Morgan fingerprint density at radius 3 is 2.40 bits per heavy atom. The van der Waals surface area contributed by atoms with Crippen LogP contribution >= 0.6 is 0 Å². The van der Waals surface area contributed by atoms with E-state index in [4.69, 9.17) is 9.15 Å². The number of halogens is 2. The minimum Gasteiger partial charge on any atom is -0.497 e. The zero-order chi connectivity index (χ0) is 24.8. The fourth-order valence-electron chi connectivity index (χ4n) is 3.41. The lowest BCUT2D eigenvalue weighted by Crippen LogP contribution is -2.12. The summed E-state index contributed by atoms with van der Waals surface area (Å²) in [6, 6.07) is 19.0. The van der Waals surface area contributed by atoms with Crippen LogP contribution in [0.1, 0.15) is 17.9 Å². The molecule has 0 spiro atoms. The van der Waals surface area contributed by atoms with Gasteiger partial charge in [-0.3, -0.25) is 4.79 Å². The summed E-state index contributed by atoms with van der Waals surface area (Å²) in [5.74, 6) is 1.07. The summed E-state index contributed by atoms with van der Waals surface area (Å²) in [6.07, 6.45) is 0.352. The SMILES string of the molecule is COc1ccc(-c2cc(NC(=O)CCc3nnc(-c4ccc(C)cc4)o3)ccc2OC(F)F)cc1. The molecule has 0 aliphatic rings. The van der Waals surface area contributed by atoms with E-state index in [1.54, 1.807) is 30.3 Å². The Labute approximate surface area is 200 Å². The summed E-state index contributed by atoms with van der Waals surface area (Å²) in [5, 5.41) is 10.8. The number of nitrogens with one attached hydrogen (secondary N) is 1. The maximum Gasteiger partial charge on any atom is 0.387 e. The fourth-order valence-corrected chi connectivity index (χ4v) is 3.41. The molecule has 180 valence electrons. The summed E-state index contributed by atoms with van der Waals surface area (Å²) in [7, 11) is 1.54. The van der Waals surface area contributed by atoms with E-state index in [9.17, 15) is 13.6 Å². The van der Waals surface area contributed by atoms with E-state index in [0.29, 0.717) is 34.3 Å². The maximum absolute atomic E-state index is 12.9. The zero-order valence-electron chi connectivity index (χ0n) is 19.1. The second-order valence-electron chi connectivity index (χ2n) is 7.73. The Hall–Kier alpha value is -4.27. The van der Waals surface area contributed by atoms with Crippen LogP contribution in [-0.2, 0) is 11.2 Å². The molecule has 0 aliphatic heterocycles. The van der Waals surface area contributed by atoms with Crippen LogP contribution in [0.15, 0.2) is 71.1 Å². The minimum atomic E-state index is -2.98. The number of benzene rings is 3. The van der Waals surface area contributed by atoms with Crippen LogP contribution in [0.2, 0.25) is 0 Å². The molecular weight excluding hydrogens is 456 g/mol. The van der Waals surface area contributed by atoms with Crippen LogP contribution < -0.4 is 14.8 Å². The molecular formula is C26H23F2N3O4. The molecule has 0 bridgehead atoms. The first-order valence-corrected chi connectivity index (χ1v) is 10.8. The summed E-state index contributed by atoms with van der Waals surface area (Å²) in [5.41, 5.74) is 3.40. The third-order valence-electron chi connectivity index (χ3n) is 5.21. The highest BCUT2D eigenvalue weighted by molar-refractivity contribution is 5.92. The van der Waals surface area contributed by atoms with Crippen molar-refractivity contribution in [2.75, 3.05) is 12.4 Å². The van der Waals surface area contributed by atoms with Gasteiger partial charge in [-0.25, -0.2) is 0 Å². The molecule has 1 heterocycles. The second kappa shape index (κ2) is 10.8. The molecule has 0 saturated heterocycles. The number of alkyl halides is 2. The quantitative estimate of drug-likeness (QED) is 0.322. The average molecular weight is 479 g/mol. The molecule has 1 amide bonds. The topological polar surface area (TPSA) is 86.5 Å². The summed E-state index contributed by atoms with van der Waals surface area (Å²) >= 11 is 0. The molecule has 1 N–H and O–H groups in total. The Morgan fingerprint density at radius 2 is 1.71 bits per heavy atom. The number of methoxy groups -OCH3 is 1. The van der Waals surface area contributed by atoms with Gasteiger partial charge in [0.05, 0.1) is 7.11 Å². The van der Waals surface area contributed by atoms with Gasteiger partial charge in [0.2, 0.25) is 17.7 Å². The second-order valence-corrected chi connectivity index (χ2v) is 7.73. The van der Waals surface area contributed by atoms with Crippen molar-refractivity contribution in [2.24, 2.45) is 0 Å². The molecule has 7 nitrogen and oxygen atoms in total. The number of carbonyl (C=O) groups excluding carboxylic acids is 1. The molecule has 35 heavy (non-hydrogen) atoms. The first kappa shape index (κ1) is 23.9. The number of nitrogens with zero attached hydrogens (tertiary/aromatic N) is 2. The Kier molecular flexibility index (Phi) is 7.35. The Bertz CT molecular complexity index is 1290. The zero-order valence-corrected chi connectivity index (χ0v) is 19.1. The van der Waals surface area contributed by atoms with E-state index < -0.39 is 6.61 Å². The maximum atomic E-state index is 12.9. The molecule has 0 atom stereocenters. The van der Waals surface area contributed by atoms with Crippen molar-refractivity contribution in [2.45, 2.75) is 26.4 Å². The van der Waals surface area contributed by atoms with Crippen LogP contribution in [0.5, 0.6) is 11.5 Å². The van der Waals surface area contributed by atoms with Gasteiger partial charge >= 0.3 is 6.61 Å². The van der Waals surface area contributed by atoms with E-state index in [2.05, 4.69) is 20.3 Å². The van der Waals surface area contributed by atoms with E-state index in [1.165, 1.54) is 19.2 Å². The molecule has 0 fully saturated rings. The predicted molar refractivity (Wildman–Crippen MR) is 126 cm³/mol. The predicted octanol–water partition coefficient (Wildman–Crippen LogP) is 5.89. The number of anilines is 1. The number of aromatic nitrogens is 2. The van der Waals surface area contributed by atoms with E-state index in [-0.39, 0.29) is 24.5 Å². The van der Waals surface area contributed by atoms with Gasteiger partial charge in [0.1, 0.15) is 11.5 Å². The van der Waals surface area contributed by atoms with Gasteiger partial charge in [-0.1, -0.05) is 29.8 Å². The van der Waals surface area contributed by atoms with Crippen molar-refractivity contribution in [1.29, 1.82) is 0 Å². The molecule has 0 unspecified atom stereocenters. The number of hydrogen-bond donors (Lipinski definition) is 1. The average Bonchev–Trinajstić information content (AvgIpc) is 3.33. The van der Waals surface area contributed by atoms with Crippen molar-refractivity contribution in [3.05, 3.63) is 78.2 Å². The molecule has 9 heteroatoms. The van der Waals surface area contributed by atoms with Gasteiger partial charge in [0.15, 0.2) is 0 Å². The first-order chi connectivity index (χ1) is 16.9. The lowest BCUT2D eigenvalue weighted by atomic mass is 10.0.